The zero-order valence-electron chi connectivity index (χ0n) is 10.6. The van der Waals surface area contributed by atoms with Gasteiger partial charge in [0.2, 0.25) is 0 Å². The van der Waals surface area contributed by atoms with Gasteiger partial charge in [-0.1, -0.05) is 6.92 Å². The van der Waals surface area contributed by atoms with Crippen LogP contribution in [-0.2, 0) is 0 Å². The van der Waals surface area contributed by atoms with E-state index >= 15 is 0 Å². The summed E-state index contributed by atoms with van der Waals surface area (Å²) < 4.78 is 13.4. The summed E-state index contributed by atoms with van der Waals surface area (Å²) in [7, 11) is 0. The second-order valence-corrected chi connectivity index (χ2v) is 5.06. The van der Waals surface area contributed by atoms with E-state index in [9.17, 15) is 4.39 Å². The van der Waals surface area contributed by atoms with Gasteiger partial charge in [0.05, 0.1) is 5.52 Å². The molecule has 94 valence electrons. The molecule has 2 aromatic rings. The summed E-state index contributed by atoms with van der Waals surface area (Å²) in [5.41, 5.74) is 0.799. The molecule has 0 amide bonds. The van der Waals surface area contributed by atoms with E-state index < -0.39 is 0 Å². The topological polar surface area (TPSA) is 29.0 Å². The lowest BCUT2D eigenvalue weighted by molar-refractivity contribution is 0.545. The molecule has 3 nitrogen and oxygen atoms in total. The molecule has 1 aromatic carbocycles. The van der Waals surface area contributed by atoms with E-state index in [0.29, 0.717) is 12.0 Å². The van der Waals surface area contributed by atoms with E-state index in [1.807, 2.05) is 0 Å². The molecule has 2 heterocycles. The van der Waals surface area contributed by atoms with Crippen molar-refractivity contribution < 1.29 is 4.39 Å². The molecule has 2 unspecified atom stereocenters. The minimum atomic E-state index is -0.238. The minimum absolute atomic E-state index is 0.238. The molecule has 0 aliphatic carbocycles. The number of anilines is 1. The maximum atomic E-state index is 13.4. The molecular weight excluding hydrogens is 229 g/mol. The molecule has 0 spiro atoms. The zero-order chi connectivity index (χ0) is 12.7. The van der Waals surface area contributed by atoms with Crippen LogP contribution in [0.2, 0.25) is 0 Å². The van der Waals surface area contributed by atoms with Crippen molar-refractivity contribution in [2.24, 2.45) is 5.92 Å². The lowest BCUT2D eigenvalue weighted by Crippen LogP contribution is -2.30. The van der Waals surface area contributed by atoms with Crippen molar-refractivity contribution in [1.82, 2.24) is 9.97 Å². The van der Waals surface area contributed by atoms with Crippen LogP contribution >= 0.6 is 0 Å². The third kappa shape index (κ3) is 1.72. The van der Waals surface area contributed by atoms with Gasteiger partial charge < -0.3 is 4.90 Å². The molecule has 0 N–H and O–H groups in total. The fourth-order valence-corrected chi connectivity index (χ4v) is 2.64. The van der Waals surface area contributed by atoms with E-state index in [1.165, 1.54) is 12.1 Å². The van der Waals surface area contributed by atoms with Gasteiger partial charge in [-0.2, -0.15) is 0 Å². The lowest BCUT2D eigenvalue weighted by atomic mass is 10.1. The van der Waals surface area contributed by atoms with Gasteiger partial charge in [0.25, 0.3) is 0 Å². The van der Waals surface area contributed by atoms with Gasteiger partial charge in [-0.05, 0) is 37.5 Å². The van der Waals surface area contributed by atoms with Crippen LogP contribution in [0.1, 0.15) is 20.3 Å². The van der Waals surface area contributed by atoms with Gasteiger partial charge in [0.15, 0.2) is 0 Å². The smallest absolute Gasteiger partial charge is 0.140 e. The summed E-state index contributed by atoms with van der Waals surface area (Å²) in [6.45, 7) is 5.42. The van der Waals surface area contributed by atoms with Crippen molar-refractivity contribution in [2.75, 3.05) is 11.4 Å². The zero-order valence-corrected chi connectivity index (χ0v) is 10.6. The Labute approximate surface area is 106 Å². The highest BCUT2D eigenvalue weighted by molar-refractivity contribution is 5.89. The number of nitrogens with zero attached hydrogens (tertiary/aromatic N) is 3. The molecule has 1 aliphatic rings. The quantitative estimate of drug-likeness (QED) is 0.773. The molecule has 18 heavy (non-hydrogen) atoms. The molecule has 1 aromatic heterocycles. The number of hydrogen-bond acceptors (Lipinski definition) is 3. The number of halogens is 1. The van der Waals surface area contributed by atoms with Crippen LogP contribution in [0.15, 0.2) is 24.5 Å². The summed E-state index contributed by atoms with van der Waals surface area (Å²) in [5, 5.41) is 0.804. The Morgan fingerprint density at radius 2 is 2.11 bits per heavy atom. The summed E-state index contributed by atoms with van der Waals surface area (Å²) in [5.74, 6) is 1.26. The fourth-order valence-electron chi connectivity index (χ4n) is 2.64. The average Bonchev–Trinajstić information content (AvgIpc) is 2.69. The van der Waals surface area contributed by atoms with Gasteiger partial charge in [-0.25, -0.2) is 14.4 Å². The van der Waals surface area contributed by atoms with Gasteiger partial charge in [0.1, 0.15) is 18.0 Å². The predicted octanol–water partition coefficient (Wildman–Crippen LogP) is 3.00. The number of hydrogen-bond donors (Lipinski definition) is 0. The second kappa shape index (κ2) is 4.19. The summed E-state index contributed by atoms with van der Waals surface area (Å²) >= 11 is 0. The van der Waals surface area contributed by atoms with E-state index in [-0.39, 0.29) is 5.82 Å². The molecular formula is C14H16FN3. The largest absolute Gasteiger partial charge is 0.353 e. The highest BCUT2D eigenvalue weighted by Crippen LogP contribution is 2.32. The lowest BCUT2D eigenvalue weighted by Gasteiger charge is -2.25. The summed E-state index contributed by atoms with van der Waals surface area (Å²) in [6, 6.07) is 5.11. The van der Waals surface area contributed by atoms with Crippen molar-refractivity contribution in [2.45, 2.75) is 26.3 Å². The van der Waals surface area contributed by atoms with Crippen LogP contribution in [0.4, 0.5) is 10.2 Å². The van der Waals surface area contributed by atoms with Crippen LogP contribution in [0.25, 0.3) is 10.9 Å². The molecule has 1 aliphatic heterocycles. The van der Waals surface area contributed by atoms with E-state index in [4.69, 9.17) is 0 Å². The number of benzene rings is 1. The third-order valence-corrected chi connectivity index (χ3v) is 3.99. The van der Waals surface area contributed by atoms with Crippen molar-refractivity contribution in [1.29, 1.82) is 0 Å². The van der Waals surface area contributed by atoms with Crippen molar-refractivity contribution in [3.05, 3.63) is 30.3 Å². The highest BCUT2D eigenvalue weighted by atomic mass is 19.1. The van der Waals surface area contributed by atoms with Crippen LogP contribution < -0.4 is 4.90 Å². The van der Waals surface area contributed by atoms with Crippen molar-refractivity contribution in [3.63, 3.8) is 0 Å². The van der Waals surface area contributed by atoms with Gasteiger partial charge in [-0.3, -0.25) is 0 Å². The molecule has 4 heteroatoms. The van der Waals surface area contributed by atoms with E-state index in [2.05, 4.69) is 28.7 Å². The maximum absolute atomic E-state index is 13.4. The van der Waals surface area contributed by atoms with E-state index in [1.54, 1.807) is 12.4 Å². The Balaban J connectivity index is 2.14. The standard InChI is InChI=1S/C14H16FN3/c1-9-5-6-18(10(9)2)14-12-7-11(15)3-4-13(12)16-8-17-14/h3-4,7-10H,5-6H2,1-2H3. The monoisotopic (exact) mass is 245 g/mol. The first-order valence-electron chi connectivity index (χ1n) is 6.33. The second-order valence-electron chi connectivity index (χ2n) is 5.06. The molecule has 1 saturated heterocycles. The van der Waals surface area contributed by atoms with Crippen LogP contribution in [0.5, 0.6) is 0 Å². The predicted molar refractivity (Wildman–Crippen MR) is 70.1 cm³/mol. The van der Waals surface area contributed by atoms with Crippen molar-refractivity contribution in [3.8, 4) is 0 Å². The molecule has 0 saturated carbocycles. The average molecular weight is 245 g/mol. The Hall–Kier alpha value is -1.71. The first-order chi connectivity index (χ1) is 8.66. The first-order valence-corrected chi connectivity index (χ1v) is 6.33. The molecule has 1 fully saturated rings. The maximum Gasteiger partial charge on any atom is 0.140 e. The Morgan fingerprint density at radius 1 is 1.28 bits per heavy atom. The Bertz CT molecular complexity index is 584. The highest BCUT2D eigenvalue weighted by Gasteiger charge is 2.29. The molecule has 3 rings (SSSR count). The molecule has 0 bridgehead atoms. The van der Waals surface area contributed by atoms with Crippen LogP contribution in [-0.4, -0.2) is 22.6 Å². The van der Waals surface area contributed by atoms with Crippen LogP contribution in [0, 0.1) is 11.7 Å². The first kappa shape index (κ1) is 11.4. The normalized spacial score (nSPS) is 23.8. The minimum Gasteiger partial charge on any atom is -0.353 e. The number of aromatic nitrogens is 2. The SMILES string of the molecule is CC1CCN(c2ncnc3ccc(F)cc23)C1C. The van der Waals surface area contributed by atoms with Crippen molar-refractivity contribution >= 4 is 16.7 Å². The van der Waals surface area contributed by atoms with Gasteiger partial charge in [-0.15, -0.1) is 0 Å². The molecule has 2 atom stereocenters. The third-order valence-electron chi connectivity index (χ3n) is 3.99. The summed E-state index contributed by atoms with van der Waals surface area (Å²) in [6.07, 6.45) is 2.72. The Morgan fingerprint density at radius 3 is 2.83 bits per heavy atom. The Kier molecular flexibility index (Phi) is 2.65. The fraction of sp³-hybridized carbons (Fsp3) is 0.429. The molecule has 0 radical (unpaired) electrons. The number of fused-ring (bicyclic) bond motifs is 1. The van der Waals surface area contributed by atoms with Gasteiger partial charge >= 0.3 is 0 Å². The van der Waals surface area contributed by atoms with Crippen LogP contribution in [0.3, 0.4) is 0 Å². The summed E-state index contributed by atoms with van der Waals surface area (Å²) in [4.78, 5) is 10.8. The van der Waals surface area contributed by atoms with E-state index in [0.717, 1.165) is 29.7 Å². The van der Waals surface area contributed by atoms with Gasteiger partial charge in [0, 0.05) is 18.0 Å². The number of rotatable bonds is 1.